The van der Waals surface area contributed by atoms with Gasteiger partial charge in [-0.2, -0.15) is 0 Å². The van der Waals surface area contributed by atoms with Crippen LogP contribution in [0.3, 0.4) is 0 Å². The number of nitrogens with zero attached hydrogens (tertiary/aromatic N) is 2. The Morgan fingerprint density at radius 1 is 1.67 bits per heavy atom. The summed E-state index contributed by atoms with van der Waals surface area (Å²) < 4.78 is 2.16. The van der Waals surface area contributed by atoms with Crippen molar-refractivity contribution in [1.29, 1.82) is 0 Å². The van der Waals surface area contributed by atoms with Gasteiger partial charge in [0.1, 0.15) is 5.82 Å². The van der Waals surface area contributed by atoms with Crippen LogP contribution in [0.4, 0.5) is 0 Å². The second-order valence-corrected chi connectivity index (χ2v) is 4.92. The van der Waals surface area contributed by atoms with Gasteiger partial charge in [0.15, 0.2) is 0 Å². The molecule has 3 nitrogen and oxygen atoms in total. The van der Waals surface area contributed by atoms with Crippen molar-refractivity contribution in [3.63, 3.8) is 0 Å². The number of aryl methyl sites for hydroxylation is 1. The van der Waals surface area contributed by atoms with Crippen LogP contribution in [-0.2, 0) is 12.5 Å². The summed E-state index contributed by atoms with van der Waals surface area (Å²) in [7, 11) is 2.09. The SMILES string of the molecule is CCNC1CCC(C)(c2nccn2C)C1. The maximum absolute atomic E-state index is 4.50. The lowest BCUT2D eigenvalue weighted by molar-refractivity contribution is 0.422. The van der Waals surface area contributed by atoms with Crippen molar-refractivity contribution in [3.8, 4) is 0 Å². The molecule has 15 heavy (non-hydrogen) atoms. The summed E-state index contributed by atoms with van der Waals surface area (Å²) in [6.45, 7) is 5.59. The Hall–Kier alpha value is -0.830. The average Bonchev–Trinajstić information content (AvgIpc) is 2.75. The molecule has 0 radical (unpaired) electrons. The predicted octanol–water partition coefficient (Wildman–Crippen LogP) is 1.84. The Morgan fingerprint density at radius 3 is 3.07 bits per heavy atom. The first kappa shape index (κ1) is 10.7. The average molecular weight is 207 g/mol. The van der Waals surface area contributed by atoms with Crippen molar-refractivity contribution >= 4 is 0 Å². The highest BCUT2D eigenvalue weighted by atomic mass is 15.1. The molecule has 3 heteroatoms. The Morgan fingerprint density at radius 2 is 2.47 bits per heavy atom. The highest BCUT2D eigenvalue weighted by molar-refractivity contribution is 5.12. The minimum Gasteiger partial charge on any atom is -0.338 e. The molecule has 2 unspecified atom stereocenters. The minimum atomic E-state index is 0.269. The van der Waals surface area contributed by atoms with Gasteiger partial charge in [0.2, 0.25) is 0 Å². The lowest BCUT2D eigenvalue weighted by atomic mass is 9.87. The summed E-state index contributed by atoms with van der Waals surface area (Å²) in [5, 5.41) is 3.54. The fourth-order valence-electron chi connectivity index (χ4n) is 2.85. The molecule has 0 bridgehead atoms. The van der Waals surface area contributed by atoms with Crippen LogP contribution in [0.25, 0.3) is 0 Å². The van der Waals surface area contributed by atoms with Crippen LogP contribution >= 0.6 is 0 Å². The van der Waals surface area contributed by atoms with E-state index >= 15 is 0 Å². The zero-order chi connectivity index (χ0) is 10.9. The Labute approximate surface area is 91.9 Å². The first-order valence-corrected chi connectivity index (χ1v) is 5.87. The van der Waals surface area contributed by atoms with Gasteiger partial charge in [-0.3, -0.25) is 0 Å². The number of rotatable bonds is 3. The molecule has 0 aromatic carbocycles. The Balaban J connectivity index is 2.13. The van der Waals surface area contributed by atoms with Crippen molar-refractivity contribution in [2.24, 2.45) is 7.05 Å². The summed E-state index contributed by atoms with van der Waals surface area (Å²) >= 11 is 0. The molecule has 0 spiro atoms. The molecule has 1 aromatic heterocycles. The van der Waals surface area contributed by atoms with E-state index in [2.05, 4.69) is 35.8 Å². The summed E-state index contributed by atoms with van der Waals surface area (Å²) in [6, 6.07) is 0.678. The van der Waals surface area contributed by atoms with E-state index in [4.69, 9.17) is 0 Å². The van der Waals surface area contributed by atoms with E-state index in [0.717, 1.165) is 6.54 Å². The van der Waals surface area contributed by atoms with Crippen molar-refractivity contribution in [3.05, 3.63) is 18.2 Å². The maximum Gasteiger partial charge on any atom is 0.114 e. The van der Waals surface area contributed by atoms with Gasteiger partial charge in [0, 0.05) is 30.9 Å². The van der Waals surface area contributed by atoms with Crippen LogP contribution < -0.4 is 5.32 Å². The summed E-state index contributed by atoms with van der Waals surface area (Å²) in [6.07, 6.45) is 7.68. The third kappa shape index (κ3) is 1.93. The van der Waals surface area contributed by atoms with Crippen LogP contribution in [0.5, 0.6) is 0 Å². The Bertz CT molecular complexity index is 331. The summed E-state index contributed by atoms with van der Waals surface area (Å²) in [4.78, 5) is 4.50. The predicted molar refractivity (Wildman–Crippen MR) is 61.9 cm³/mol. The quantitative estimate of drug-likeness (QED) is 0.819. The third-order valence-electron chi connectivity index (χ3n) is 3.60. The van der Waals surface area contributed by atoms with Gasteiger partial charge in [-0.25, -0.2) is 4.98 Å². The standard InChI is InChI=1S/C12H21N3/c1-4-13-10-5-6-12(2,9-10)11-14-7-8-15(11)3/h7-8,10,13H,4-6,9H2,1-3H3. The van der Waals surface area contributed by atoms with Crippen LogP contribution in [0, 0.1) is 0 Å². The zero-order valence-electron chi connectivity index (χ0n) is 9.95. The van der Waals surface area contributed by atoms with Gasteiger partial charge in [-0.1, -0.05) is 13.8 Å². The van der Waals surface area contributed by atoms with E-state index in [1.807, 2.05) is 12.4 Å². The summed E-state index contributed by atoms with van der Waals surface area (Å²) in [5.41, 5.74) is 0.269. The van der Waals surface area contributed by atoms with Gasteiger partial charge in [-0.15, -0.1) is 0 Å². The smallest absolute Gasteiger partial charge is 0.114 e. The molecule has 1 aliphatic rings. The topological polar surface area (TPSA) is 29.9 Å². The van der Waals surface area contributed by atoms with Crippen LogP contribution in [-0.4, -0.2) is 22.1 Å². The highest BCUT2D eigenvalue weighted by Crippen LogP contribution is 2.39. The second kappa shape index (κ2) is 3.97. The van der Waals surface area contributed by atoms with E-state index < -0.39 is 0 Å². The molecule has 1 aromatic rings. The largest absolute Gasteiger partial charge is 0.338 e. The highest BCUT2D eigenvalue weighted by Gasteiger charge is 2.38. The molecular weight excluding hydrogens is 186 g/mol. The van der Waals surface area contributed by atoms with E-state index in [0.29, 0.717) is 6.04 Å². The first-order chi connectivity index (χ1) is 7.15. The normalized spacial score (nSPS) is 31.0. The van der Waals surface area contributed by atoms with Gasteiger partial charge in [0.05, 0.1) is 0 Å². The molecule has 1 saturated carbocycles. The van der Waals surface area contributed by atoms with Crippen molar-refractivity contribution in [2.75, 3.05) is 6.54 Å². The van der Waals surface area contributed by atoms with Crippen LogP contribution in [0.1, 0.15) is 38.9 Å². The monoisotopic (exact) mass is 207 g/mol. The van der Waals surface area contributed by atoms with Crippen molar-refractivity contribution in [2.45, 2.75) is 44.6 Å². The first-order valence-electron chi connectivity index (χ1n) is 5.87. The minimum absolute atomic E-state index is 0.269. The molecule has 0 amide bonds. The van der Waals surface area contributed by atoms with Crippen molar-refractivity contribution < 1.29 is 0 Å². The lowest BCUT2D eigenvalue weighted by Crippen LogP contribution is -2.30. The number of hydrogen-bond donors (Lipinski definition) is 1. The molecule has 2 rings (SSSR count). The molecule has 1 aliphatic carbocycles. The molecule has 0 saturated heterocycles. The molecule has 1 N–H and O–H groups in total. The lowest BCUT2D eigenvalue weighted by Gasteiger charge is -2.23. The second-order valence-electron chi connectivity index (χ2n) is 4.92. The molecule has 2 atom stereocenters. The van der Waals surface area contributed by atoms with Gasteiger partial charge >= 0.3 is 0 Å². The fraction of sp³-hybridized carbons (Fsp3) is 0.750. The maximum atomic E-state index is 4.50. The van der Waals surface area contributed by atoms with Gasteiger partial charge in [-0.05, 0) is 25.8 Å². The number of aromatic nitrogens is 2. The van der Waals surface area contributed by atoms with Gasteiger partial charge < -0.3 is 9.88 Å². The zero-order valence-corrected chi connectivity index (χ0v) is 9.95. The molecular formula is C12H21N3. The molecule has 0 aliphatic heterocycles. The number of hydrogen-bond acceptors (Lipinski definition) is 2. The van der Waals surface area contributed by atoms with E-state index in [1.54, 1.807) is 0 Å². The fourth-order valence-corrected chi connectivity index (χ4v) is 2.85. The Kier molecular flexibility index (Phi) is 2.83. The van der Waals surface area contributed by atoms with E-state index in [1.165, 1.54) is 25.1 Å². The molecule has 1 heterocycles. The van der Waals surface area contributed by atoms with Crippen LogP contribution in [0.15, 0.2) is 12.4 Å². The third-order valence-corrected chi connectivity index (χ3v) is 3.60. The summed E-state index contributed by atoms with van der Waals surface area (Å²) in [5.74, 6) is 1.24. The van der Waals surface area contributed by atoms with E-state index in [-0.39, 0.29) is 5.41 Å². The molecule has 1 fully saturated rings. The van der Waals surface area contributed by atoms with Crippen LogP contribution in [0.2, 0.25) is 0 Å². The number of nitrogens with one attached hydrogen (secondary N) is 1. The molecule has 84 valence electrons. The van der Waals surface area contributed by atoms with Gasteiger partial charge in [0.25, 0.3) is 0 Å². The van der Waals surface area contributed by atoms with Crippen molar-refractivity contribution in [1.82, 2.24) is 14.9 Å². The van der Waals surface area contributed by atoms with E-state index in [9.17, 15) is 0 Å². The number of imidazole rings is 1.